The van der Waals surface area contributed by atoms with Crippen molar-refractivity contribution in [2.24, 2.45) is 0 Å². The molecule has 0 radical (unpaired) electrons. The van der Waals surface area contributed by atoms with Gasteiger partial charge >= 0.3 is 0 Å². The fraction of sp³-hybridized carbons (Fsp3) is 0.143. The molecule has 0 unspecified atom stereocenters. The van der Waals surface area contributed by atoms with Crippen LogP contribution in [0.2, 0.25) is 0 Å². The van der Waals surface area contributed by atoms with Crippen LogP contribution >= 0.6 is 0 Å². The Morgan fingerprint density at radius 1 is 1.00 bits per heavy atom. The first kappa shape index (κ1) is 9.40. The normalized spacial score (nSPS) is 13.3. The van der Waals surface area contributed by atoms with E-state index in [1.807, 2.05) is 12.1 Å². The molecular formula is C14H12FN. The minimum absolute atomic E-state index is 0.190. The molecule has 1 N–H and O–H groups in total. The minimum Gasteiger partial charge on any atom is -0.384 e. The molecule has 1 nitrogen and oxygen atoms in total. The fourth-order valence-electron chi connectivity index (χ4n) is 2.21. The first-order valence-electron chi connectivity index (χ1n) is 5.46. The van der Waals surface area contributed by atoms with Crippen molar-refractivity contribution in [3.05, 3.63) is 53.8 Å². The lowest BCUT2D eigenvalue weighted by molar-refractivity contribution is 0.628. The number of anilines is 1. The molecule has 0 aliphatic carbocycles. The minimum atomic E-state index is -0.190. The van der Waals surface area contributed by atoms with Crippen molar-refractivity contribution >= 4 is 5.69 Å². The van der Waals surface area contributed by atoms with Gasteiger partial charge in [-0.25, -0.2) is 4.39 Å². The Hall–Kier alpha value is -1.83. The van der Waals surface area contributed by atoms with Crippen LogP contribution in [0.25, 0.3) is 11.1 Å². The quantitative estimate of drug-likeness (QED) is 0.765. The molecule has 16 heavy (non-hydrogen) atoms. The maximum absolute atomic E-state index is 12.9. The van der Waals surface area contributed by atoms with E-state index in [1.54, 1.807) is 0 Å². The Morgan fingerprint density at radius 3 is 2.62 bits per heavy atom. The molecule has 0 aromatic heterocycles. The van der Waals surface area contributed by atoms with E-state index in [4.69, 9.17) is 0 Å². The number of nitrogens with one attached hydrogen (secondary N) is 1. The monoisotopic (exact) mass is 213 g/mol. The van der Waals surface area contributed by atoms with E-state index in [2.05, 4.69) is 23.5 Å². The molecule has 2 heteroatoms. The van der Waals surface area contributed by atoms with Crippen LogP contribution in [-0.2, 0) is 6.42 Å². The molecule has 0 fully saturated rings. The number of halogens is 1. The lowest BCUT2D eigenvalue weighted by Gasteiger charge is -2.08. The second-order valence-corrected chi connectivity index (χ2v) is 4.02. The number of para-hydroxylation sites is 1. The maximum atomic E-state index is 12.9. The highest BCUT2D eigenvalue weighted by atomic mass is 19.1. The van der Waals surface area contributed by atoms with Crippen LogP contribution in [0.5, 0.6) is 0 Å². The molecule has 0 saturated carbocycles. The van der Waals surface area contributed by atoms with Crippen molar-refractivity contribution < 1.29 is 4.39 Å². The van der Waals surface area contributed by atoms with Crippen LogP contribution in [0.4, 0.5) is 10.1 Å². The van der Waals surface area contributed by atoms with Crippen LogP contribution in [0, 0.1) is 5.82 Å². The summed E-state index contributed by atoms with van der Waals surface area (Å²) < 4.78 is 12.9. The largest absolute Gasteiger partial charge is 0.384 e. The Labute approximate surface area is 93.9 Å². The number of hydrogen-bond donors (Lipinski definition) is 1. The second kappa shape index (κ2) is 3.63. The molecule has 2 aromatic rings. The highest BCUT2D eigenvalue weighted by Crippen LogP contribution is 2.34. The summed E-state index contributed by atoms with van der Waals surface area (Å²) in [6.45, 7) is 0.994. The highest BCUT2D eigenvalue weighted by molar-refractivity contribution is 5.81. The zero-order valence-corrected chi connectivity index (χ0v) is 8.83. The van der Waals surface area contributed by atoms with Gasteiger partial charge in [-0.2, -0.15) is 0 Å². The first-order valence-corrected chi connectivity index (χ1v) is 5.46. The maximum Gasteiger partial charge on any atom is 0.123 e. The average Bonchev–Trinajstić information content (AvgIpc) is 2.78. The van der Waals surface area contributed by atoms with Gasteiger partial charge in [-0.3, -0.25) is 0 Å². The SMILES string of the molecule is Fc1ccc(-c2cccc3c2NCC3)cc1. The summed E-state index contributed by atoms with van der Waals surface area (Å²) in [5, 5.41) is 3.39. The molecule has 1 aliphatic heterocycles. The Bertz CT molecular complexity index is 517. The van der Waals surface area contributed by atoms with Gasteiger partial charge in [-0.05, 0) is 29.7 Å². The summed E-state index contributed by atoms with van der Waals surface area (Å²) >= 11 is 0. The Morgan fingerprint density at radius 2 is 1.81 bits per heavy atom. The van der Waals surface area contributed by atoms with Gasteiger partial charge in [0.15, 0.2) is 0 Å². The van der Waals surface area contributed by atoms with E-state index < -0.39 is 0 Å². The van der Waals surface area contributed by atoms with Crippen LogP contribution < -0.4 is 5.32 Å². The standard InChI is InChI=1S/C14H12FN/c15-12-6-4-10(5-7-12)13-3-1-2-11-8-9-16-14(11)13/h1-7,16H,8-9H2. The number of rotatable bonds is 1. The lowest BCUT2D eigenvalue weighted by Crippen LogP contribution is -1.93. The molecule has 0 atom stereocenters. The van der Waals surface area contributed by atoms with Gasteiger partial charge in [-0.15, -0.1) is 0 Å². The molecule has 0 spiro atoms. The molecular weight excluding hydrogens is 201 g/mol. The number of hydrogen-bond acceptors (Lipinski definition) is 1. The molecule has 0 bridgehead atoms. The van der Waals surface area contributed by atoms with Crippen molar-refractivity contribution in [1.82, 2.24) is 0 Å². The Balaban J connectivity index is 2.13. The zero-order chi connectivity index (χ0) is 11.0. The van der Waals surface area contributed by atoms with Crippen LogP contribution in [0.3, 0.4) is 0 Å². The zero-order valence-electron chi connectivity index (χ0n) is 8.83. The predicted molar refractivity (Wildman–Crippen MR) is 64.0 cm³/mol. The molecule has 1 aliphatic rings. The summed E-state index contributed by atoms with van der Waals surface area (Å²) in [6, 6.07) is 12.9. The van der Waals surface area contributed by atoms with E-state index in [1.165, 1.54) is 23.4 Å². The van der Waals surface area contributed by atoms with E-state index in [0.717, 1.165) is 24.1 Å². The molecule has 0 amide bonds. The van der Waals surface area contributed by atoms with Crippen molar-refractivity contribution in [3.63, 3.8) is 0 Å². The first-order chi connectivity index (χ1) is 7.84. The molecule has 1 heterocycles. The summed E-state index contributed by atoms with van der Waals surface area (Å²) in [5.41, 5.74) is 4.78. The topological polar surface area (TPSA) is 12.0 Å². The average molecular weight is 213 g/mol. The van der Waals surface area contributed by atoms with Gasteiger partial charge in [0.2, 0.25) is 0 Å². The molecule has 80 valence electrons. The van der Waals surface area contributed by atoms with Gasteiger partial charge in [0.25, 0.3) is 0 Å². The highest BCUT2D eigenvalue weighted by Gasteiger charge is 2.14. The smallest absolute Gasteiger partial charge is 0.123 e. The van der Waals surface area contributed by atoms with E-state index in [0.29, 0.717) is 0 Å². The van der Waals surface area contributed by atoms with E-state index >= 15 is 0 Å². The summed E-state index contributed by atoms with van der Waals surface area (Å²) in [5.74, 6) is -0.190. The van der Waals surface area contributed by atoms with Crippen molar-refractivity contribution in [2.45, 2.75) is 6.42 Å². The Kier molecular flexibility index (Phi) is 2.13. The second-order valence-electron chi connectivity index (χ2n) is 4.02. The van der Waals surface area contributed by atoms with Crippen LogP contribution in [0.15, 0.2) is 42.5 Å². The van der Waals surface area contributed by atoms with E-state index in [9.17, 15) is 4.39 Å². The molecule has 3 rings (SSSR count). The van der Waals surface area contributed by atoms with Gasteiger partial charge in [0, 0.05) is 17.8 Å². The lowest BCUT2D eigenvalue weighted by atomic mass is 10.0. The summed E-state index contributed by atoms with van der Waals surface area (Å²) in [4.78, 5) is 0. The van der Waals surface area contributed by atoms with Crippen molar-refractivity contribution in [2.75, 3.05) is 11.9 Å². The fourth-order valence-corrected chi connectivity index (χ4v) is 2.21. The van der Waals surface area contributed by atoms with E-state index in [-0.39, 0.29) is 5.82 Å². The summed E-state index contributed by atoms with van der Waals surface area (Å²) in [6.07, 6.45) is 1.07. The number of fused-ring (bicyclic) bond motifs is 1. The molecule has 0 saturated heterocycles. The summed E-state index contributed by atoms with van der Waals surface area (Å²) in [7, 11) is 0. The third-order valence-electron chi connectivity index (χ3n) is 3.00. The van der Waals surface area contributed by atoms with Gasteiger partial charge in [0.05, 0.1) is 0 Å². The third kappa shape index (κ3) is 1.47. The number of benzene rings is 2. The van der Waals surface area contributed by atoms with Gasteiger partial charge in [0.1, 0.15) is 5.82 Å². The van der Waals surface area contributed by atoms with Gasteiger partial charge in [-0.1, -0.05) is 30.3 Å². The predicted octanol–water partition coefficient (Wildman–Crippen LogP) is 3.46. The van der Waals surface area contributed by atoms with Crippen molar-refractivity contribution in [1.29, 1.82) is 0 Å². The van der Waals surface area contributed by atoms with Crippen LogP contribution in [-0.4, -0.2) is 6.54 Å². The van der Waals surface area contributed by atoms with Crippen molar-refractivity contribution in [3.8, 4) is 11.1 Å². The van der Waals surface area contributed by atoms with Gasteiger partial charge < -0.3 is 5.32 Å². The van der Waals surface area contributed by atoms with Crippen LogP contribution in [0.1, 0.15) is 5.56 Å². The third-order valence-corrected chi connectivity index (χ3v) is 3.00. The molecule has 2 aromatic carbocycles.